The molecular formula is C23H26O5. The standard InChI is InChI=1S/C23H26O5/c1-6-7-18-9-11-20(21(13-18)26-5)27-14-22(24)28-17(4)23(25)19-10-8-15(2)16(3)12-19/h6-13,17H,14H2,1-5H3/b7-6+/t17-/m0/s1. The van der Waals surface area contributed by atoms with Crippen LogP contribution in [0.15, 0.2) is 42.5 Å². The number of hydrogen-bond acceptors (Lipinski definition) is 5. The summed E-state index contributed by atoms with van der Waals surface area (Å²) < 4.78 is 16.0. The van der Waals surface area contributed by atoms with Gasteiger partial charge in [0.05, 0.1) is 7.11 Å². The topological polar surface area (TPSA) is 61.8 Å². The lowest BCUT2D eigenvalue weighted by molar-refractivity contribution is -0.148. The summed E-state index contributed by atoms with van der Waals surface area (Å²) in [6, 6.07) is 10.8. The highest BCUT2D eigenvalue weighted by atomic mass is 16.6. The fourth-order valence-corrected chi connectivity index (χ4v) is 2.65. The van der Waals surface area contributed by atoms with E-state index in [4.69, 9.17) is 14.2 Å². The first-order valence-corrected chi connectivity index (χ1v) is 9.10. The van der Waals surface area contributed by atoms with Gasteiger partial charge in [0.2, 0.25) is 5.78 Å². The molecule has 0 unspecified atom stereocenters. The maximum Gasteiger partial charge on any atom is 0.344 e. The van der Waals surface area contributed by atoms with Crippen LogP contribution in [-0.4, -0.2) is 31.6 Å². The quantitative estimate of drug-likeness (QED) is 0.495. The number of carbonyl (C=O) groups is 2. The highest BCUT2D eigenvalue weighted by Gasteiger charge is 2.20. The molecule has 5 heteroatoms. The van der Waals surface area contributed by atoms with Gasteiger partial charge in [-0.05, 0) is 62.6 Å². The van der Waals surface area contributed by atoms with Crippen molar-refractivity contribution in [2.24, 2.45) is 0 Å². The smallest absolute Gasteiger partial charge is 0.344 e. The molecule has 0 aliphatic carbocycles. The van der Waals surface area contributed by atoms with Gasteiger partial charge in [-0.25, -0.2) is 4.79 Å². The molecule has 0 spiro atoms. The van der Waals surface area contributed by atoms with Crippen molar-refractivity contribution in [3.05, 3.63) is 64.7 Å². The molecule has 0 aliphatic heterocycles. The summed E-state index contributed by atoms with van der Waals surface area (Å²) in [5, 5.41) is 0. The van der Waals surface area contributed by atoms with Crippen LogP contribution in [0, 0.1) is 13.8 Å². The number of ether oxygens (including phenoxy) is 3. The van der Waals surface area contributed by atoms with Crippen LogP contribution in [0.1, 0.15) is 40.9 Å². The Bertz CT molecular complexity index is 883. The van der Waals surface area contributed by atoms with Gasteiger partial charge in [0.15, 0.2) is 24.2 Å². The van der Waals surface area contributed by atoms with Gasteiger partial charge in [-0.15, -0.1) is 0 Å². The van der Waals surface area contributed by atoms with Crippen molar-refractivity contribution in [3.63, 3.8) is 0 Å². The Balaban J connectivity index is 1.96. The SMILES string of the molecule is C/C=C/c1ccc(OCC(=O)O[C@@H](C)C(=O)c2ccc(C)c(C)c2)c(OC)c1. The molecule has 0 aliphatic rings. The van der Waals surface area contributed by atoms with Crippen molar-refractivity contribution in [1.82, 2.24) is 0 Å². The van der Waals surface area contributed by atoms with E-state index in [0.717, 1.165) is 16.7 Å². The fraction of sp³-hybridized carbons (Fsp3) is 0.304. The second-order valence-electron chi connectivity index (χ2n) is 6.49. The molecule has 0 heterocycles. The predicted molar refractivity (Wildman–Crippen MR) is 109 cm³/mol. The molecule has 0 saturated carbocycles. The first kappa shape index (κ1) is 21.2. The Morgan fingerprint density at radius 3 is 2.43 bits per heavy atom. The molecule has 0 amide bonds. The highest BCUT2D eigenvalue weighted by molar-refractivity contribution is 6.00. The molecule has 0 fully saturated rings. The summed E-state index contributed by atoms with van der Waals surface area (Å²) in [6.45, 7) is 7.08. The third kappa shape index (κ3) is 5.46. The van der Waals surface area contributed by atoms with Crippen molar-refractivity contribution in [2.45, 2.75) is 33.8 Å². The minimum Gasteiger partial charge on any atom is -0.493 e. The second-order valence-corrected chi connectivity index (χ2v) is 6.49. The fourth-order valence-electron chi connectivity index (χ4n) is 2.65. The van der Waals surface area contributed by atoms with Crippen LogP contribution in [-0.2, 0) is 9.53 Å². The number of ketones is 1. The third-order valence-electron chi connectivity index (χ3n) is 4.36. The zero-order valence-electron chi connectivity index (χ0n) is 16.9. The van der Waals surface area contributed by atoms with Crippen molar-refractivity contribution >= 4 is 17.8 Å². The monoisotopic (exact) mass is 382 g/mol. The minimum atomic E-state index is -0.892. The second kappa shape index (κ2) is 9.74. The van der Waals surface area contributed by atoms with Crippen LogP contribution in [0.5, 0.6) is 11.5 Å². The van der Waals surface area contributed by atoms with Crippen LogP contribution >= 0.6 is 0 Å². The lowest BCUT2D eigenvalue weighted by Crippen LogP contribution is -2.27. The molecule has 28 heavy (non-hydrogen) atoms. The molecule has 2 aromatic rings. The molecular weight excluding hydrogens is 356 g/mol. The van der Waals surface area contributed by atoms with Crippen LogP contribution in [0.25, 0.3) is 6.08 Å². The lowest BCUT2D eigenvalue weighted by Gasteiger charge is -2.14. The summed E-state index contributed by atoms with van der Waals surface area (Å²) in [6.07, 6.45) is 2.96. The van der Waals surface area contributed by atoms with E-state index in [1.54, 1.807) is 25.1 Å². The summed E-state index contributed by atoms with van der Waals surface area (Å²) in [5.74, 6) is 0.0810. The Morgan fingerprint density at radius 2 is 1.79 bits per heavy atom. The number of benzene rings is 2. The van der Waals surface area contributed by atoms with Gasteiger partial charge in [-0.2, -0.15) is 0 Å². The Kier molecular flexibility index (Phi) is 7.38. The summed E-state index contributed by atoms with van der Waals surface area (Å²) in [4.78, 5) is 24.6. The molecule has 5 nitrogen and oxygen atoms in total. The number of methoxy groups -OCH3 is 1. The Hall–Kier alpha value is -3.08. The Labute approximate surface area is 165 Å². The largest absolute Gasteiger partial charge is 0.493 e. The molecule has 2 rings (SSSR count). The van der Waals surface area contributed by atoms with E-state index >= 15 is 0 Å². The van der Waals surface area contributed by atoms with E-state index in [1.165, 1.54) is 7.11 Å². The third-order valence-corrected chi connectivity index (χ3v) is 4.36. The maximum atomic E-state index is 12.5. The number of aryl methyl sites for hydroxylation is 2. The Morgan fingerprint density at radius 1 is 1.04 bits per heavy atom. The normalized spacial score (nSPS) is 11.9. The van der Waals surface area contributed by atoms with Crippen LogP contribution in [0.3, 0.4) is 0 Å². The van der Waals surface area contributed by atoms with Gasteiger partial charge in [-0.3, -0.25) is 4.79 Å². The van der Waals surface area contributed by atoms with E-state index in [1.807, 2.05) is 51.1 Å². The van der Waals surface area contributed by atoms with Gasteiger partial charge < -0.3 is 14.2 Å². The maximum absolute atomic E-state index is 12.5. The van der Waals surface area contributed by atoms with E-state index < -0.39 is 12.1 Å². The molecule has 2 aromatic carbocycles. The van der Waals surface area contributed by atoms with Crippen molar-refractivity contribution in [2.75, 3.05) is 13.7 Å². The molecule has 0 aromatic heterocycles. The number of carbonyl (C=O) groups excluding carboxylic acids is 2. The molecule has 0 bridgehead atoms. The average Bonchev–Trinajstić information content (AvgIpc) is 2.68. The molecule has 0 radical (unpaired) electrons. The average molecular weight is 382 g/mol. The van der Waals surface area contributed by atoms with Crippen LogP contribution < -0.4 is 9.47 Å². The minimum absolute atomic E-state index is 0.246. The van der Waals surface area contributed by atoms with Crippen molar-refractivity contribution in [1.29, 1.82) is 0 Å². The van der Waals surface area contributed by atoms with Gasteiger partial charge >= 0.3 is 5.97 Å². The zero-order chi connectivity index (χ0) is 20.7. The van der Waals surface area contributed by atoms with E-state index in [9.17, 15) is 9.59 Å². The van der Waals surface area contributed by atoms with Gasteiger partial charge in [0, 0.05) is 5.56 Å². The number of rotatable bonds is 8. The molecule has 0 saturated heterocycles. The number of esters is 1. The van der Waals surface area contributed by atoms with E-state index in [-0.39, 0.29) is 12.4 Å². The number of hydrogen-bond donors (Lipinski definition) is 0. The van der Waals surface area contributed by atoms with Gasteiger partial charge in [0.1, 0.15) is 0 Å². The van der Waals surface area contributed by atoms with Gasteiger partial charge in [-0.1, -0.05) is 30.4 Å². The molecule has 1 atom stereocenters. The lowest BCUT2D eigenvalue weighted by atomic mass is 10.0. The number of allylic oxidation sites excluding steroid dienone is 1. The molecule has 148 valence electrons. The predicted octanol–water partition coefficient (Wildman–Crippen LogP) is 4.54. The highest BCUT2D eigenvalue weighted by Crippen LogP contribution is 2.28. The van der Waals surface area contributed by atoms with E-state index in [2.05, 4.69) is 0 Å². The van der Waals surface area contributed by atoms with Crippen LogP contribution in [0.4, 0.5) is 0 Å². The first-order chi connectivity index (χ1) is 13.3. The van der Waals surface area contributed by atoms with Gasteiger partial charge in [0.25, 0.3) is 0 Å². The summed E-state index contributed by atoms with van der Waals surface area (Å²) >= 11 is 0. The summed E-state index contributed by atoms with van der Waals surface area (Å²) in [5.41, 5.74) is 3.60. The summed E-state index contributed by atoms with van der Waals surface area (Å²) in [7, 11) is 1.53. The zero-order valence-corrected chi connectivity index (χ0v) is 16.9. The van der Waals surface area contributed by atoms with E-state index in [0.29, 0.717) is 17.1 Å². The van der Waals surface area contributed by atoms with Crippen molar-refractivity contribution < 1.29 is 23.8 Å². The number of Topliss-reactive ketones (excluding diaryl/α,β-unsaturated/α-hetero) is 1. The van der Waals surface area contributed by atoms with Crippen molar-refractivity contribution in [3.8, 4) is 11.5 Å². The molecule has 0 N–H and O–H groups in total. The van der Waals surface area contributed by atoms with Crippen LogP contribution in [0.2, 0.25) is 0 Å². The first-order valence-electron chi connectivity index (χ1n) is 9.10.